The summed E-state index contributed by atoms with van der Waals surface area (Å²) in [6.45, 7) is 6.91. The monoisotopic (exact) mass is 337 g/mol. The third-order valence-corrected chi connectivity index (χ3v) is 6.61. The Morgan fingerprint density at radius 2 is 2.09 bits per heavy atom. The van der Waals surface area contributed by atoms with Crippen LogP contribution in [0.5, 0.6) is 0 Å². The number of H-pyrrole nitrogens is 1. The molecule has 0 aromatic carbocycles. The van der Waals surface area contributed by atoms with E-state index in [4.69, 9.17) is 0 Å². The Labute approximate surface area is 136 Å². The Balaban J connectivity index is 2.02. The van der Waals surface area contributed by atoms with Gasteiger partial charge in [-0.2, -0.15) is 14.5 Å². The summed E-state index contributed by atoms with van der Waals surface area (Å²) in [5.74, 6) is 0. The lowest BCUT2D eigenvalue weighted by Gasteiger charge is -2.34. The van der Waals surface area contributed by atoms with Crippen molar-refractivity contribution in [2.45, 2.75) is 57.5 Å². The van der Waals surface area contributed by atoms with Gasteiger partial charge >= 0.3 is 0 Å². The minimum Gasteiger partial charge on any atom is -0.281 e. The van der Waals surface area contributed by atoms with Crippen LogP contribution in [0, 0.1) is 13.8 Å². The van der Waals surface area contributed by atoms with E-state index < -0.39 is 10.0 Å². The minimum atomic E-state index is -3.57. The van der Waals surface area contributed by atoms with Gasteiger partial charge in [-0.05, 0) is 39.2 Å². The van der Waals surface area contributed by atoms with Crippen molar-refractivity contribution < 1.29 is 8.42 Å². The number of hydrogen-bond acceptors (Lipinski definition) is 4. The molecule has 2 aromatic heterocycles. The first-order chi connectivity index (χ1) is 11.0. The largest absolute Gasteiger partial charge is 0.281 e. The molecule has 0 unspecified atom stereocenters. The third kappa shape index (κ3) is 2.70. The lowest BCUT2D eigenvalue weighted by atomic mass is 10.00. The average Bonchev–Trinajstić information content (AvgIpc) is 3.13. The molecule has 8 heteroatoms. The molecule has 0 aliphatic carbocycles. The highest BCUT2D eigenvalue weighted by atomic mass is 32.2. The molecule has 1 N–H and O–H groups in total. The number of hydrogen-bond donors (Lipinski definition) is 1. The van der Waals surface area contributed by atoms with Crippen molar-refractivity contribution in [1.29, 1.82) is 0 Å². The van der Waals surface area contributed by atoms with Gasteiger partial charge in [-0.25, -0.2) is 8.42 Å². The first-order valence-corrected chi connectivity index (χ1v) is 9.45. The molecule has 0 spiro atoms. The van der Waals surface area contributed by atoms with Crippen LogP contribution in [0.3, 0.4) is 0 Å². The Kier molecular flexibility index (Phi) is 4.29. The number of rotatable bonds is 4. The van der Waals surface area contributed by atoms with E-state index in [1.165, 1.54) is 6.20 Å². The average molecular weight is 337 g/mol. The molecule has 1 aliphatic heterocycles. The van der Waals surface area contributed by atoms with Crippen molar-refractivity contribution in [2.75, 3.05) is 6.54 Å². The molecule has 0 saturated carbocycles. The van der Waals surface area contributed by atoms with Crippen LogP contribution in [0.4, 0.5) is 0 Å². The van der Waals surface area contributed by atoms with Gasteiger partial charge in [-0.15, -0.1) is 0 Å². The standard InChI is InChI=1S/C15H23N5O2S/c1-4-19-12(3)14(10-17-19)23(21,22)20-8-6-5-7-13(20)15-11(2)9-16-18-15/h9-10,13H,4-8H2,1-3H3,(H,16,18)/t13-/m0/s1. The van der Waals surface area contributed by atoms with Gasteiger partial charge in [0.2, 0.25) is 10.0 Å². The maximum atomic E-state index is 13.2. The summed E-state index contributed by atoms with van der Waals surface area (Å²) < 4.78 is 29.7. The lowest BCUT2D eigenvalue weighted by molar-refractivity contribution is 0.250. The molecule has 2 aromatic rings. The minimum absolute atomic E-state index is 0.180. The molecule has 1 fully saturated rings. The van der Waals surface area contributed by atoms with Crippen LogP contribution >= 0.6 is 0 Å². The molecule has 1 saturated heterocycles. The van der Waals surface area contributed by atoms with E-state index >= 15 is 0 Å². The third-order valence-electron chi connectivity index (χ3n) is 4.60. The first kappa shape index (κ1) is 16.2. The second-order valence-electron chi connectivity index (χ2n) is 6.00. The second kappa shape index (κ2) is 6.09. The fraction of sp³-hybridized carbons (Fsp3) is 0.600. The van der Waals surface area contributed by atoms with E-state index in [0.717, 1.165) is 30.5 Å². The van der Waals surface area contributed by atoms with Gasteiger partial charge < -0.3 is 0 Å². The zero-order valence-electron chi connectivity index (χ0n) is 13.8. The molecule has 0 amide bonds. The van der Waals surface area contributed by atoms with Crippen molar-refractivity contribution in [1.82, 2.24) is 24.3 Å². The molecule has 0 bridgehead atoms. The fourth-order valence-corrected chi connectivity index (χ4v) is 5.13. The Morgan fingerprint density at radius 1 is 1.30 bits per heavy atom. The molecule has 7 nitrogen and oxygen atoms in total. The number of aromatic nitrogens is 4. The number of aromatic amines is 1. The maximum absolute atomic E-state index is 13.2. The summed E-state index contributed by atoms with van der Waals surface area (Å²) in [6, 6.07) is -0.180. The van der Waals surface area contributed by atoms with Crippen LogP contribution in [0.15, 0.2) is 17.3 Å². The number of aryl methyl sites for hydroxylation is 2. The van der Waals surface area contributed by atoms with Crippen LogP contribution in [0.25, 0.3) is 0 Å². The van der Waals surface area contributed by atoms with Crippen molar-refractivity contribution in [3.05, 3.63) is 29.3 Å². The molecule has 126 valence electrons. The van der Waals surface area contributed by atoms with E-state index in [0.29, 0.717) is 23.7 Å². The van der Waals surface area contributed by atoms with E-state index in [9.17, 15) is 8.42 Å². The molecular formula is C15H23N5O2S. The lowest BCUT2D eigenvalue weighted by Crippen LogP contribution is -2.39. The topological polar surface area (TPSA) is 83.9 Å². The summed E-state index contributed by atoms with van der Waals surface area (Å²) in [7, 11) is -3.57. The molecule has 23 heavy (non-hydrogen) atoms. The SMILES string of the molecule is CCn1ncc(S(=O)(=O)N2CCCC[C@H]2c2[nH]ncc2C)c1C. The molecule has 3 heterocycles. The highest BCUT2D eigenvalue weighted by molar-refractivity contribution is 7.89. The molecule has 1 aliphatic rings. The van der Waals surface area contributed by atoms with Gasteiger partial charge in [0, 0.05) is 13.1 Å². The zero-order chi connectivity index (χ0) is 16.6. The Morgan fingerprint density at radius 3 is 2.70 bits per heavy atom. The van der Waals surface area contributed by atoms with E-state index in [1.54, 1.807) is 15.2 Å². The smallest absolute Gasteiger partial charge is 0.247 e. The Bertz CT molecular complexity index is 793. The van der Waals surface area contributed by atoms with Crippen molar-refractivity contribution in [2.24, 2.45) is 0 Å². The number of sulfonamides is 1. The van der Waals surface area contributed by atoms with Gasteiger partial charge in [0.25, 0.3) is 0 Å². The first-order valence-electron chi connectivity index (χ1n) is 8.01. The summed E-state index contributed by atoms with van der Waals surface area (Å²) in [5, 5.41) is 11.2. The summed E-state index contributed by atoms with van der Waals surface area (Å²) >= 11 is 0. The predicted molar refractivity (Wildman–Crippen MR) is 86.4 cm³/mol. The van der Waals surface area contributed by atoms with Gasteiger partial charge in [0.1, 0.15) is 4.90 Å². The maximum Gasteiger partial charge on any atom is 0.247 e. The number of piperidine rings is 1. The fourth-order valence-electron chi connectivity index (χ4n) is 3.30. The normalized spacial score (nSPS) is 20.0. The van der Waals surface area contributed by atoms with Crippen molar-refractivity contribution >= 4 is 10.0 Å². The molecule has 1 atom stereocenters. The van der Waals surface area contributed by atoms with Gasteiger partial charge in [0.15, 0.2) is 0 Å². The van der Waals surface area contributed by atoms with E-state index in [-0.39, 0.29) is 6.04 Å². The predicted octanol–water partition coefficient (Wildman–Crippen LogP) is 2.16. The number of nitrogens with one attached hydrogen (secondary N) is 1. The second-order valence-corrected chi connectivity index (χ2v) is 7.86. The summed E-state index contributed by atoms with van der Waals surface area (Å²) in [6.07, 6.45) is 5.92. The van der Waals surface area contributed by atoms with Gasteiger partial charge in [-0.3, -0.25) is 9.78 Å². The quantitative estimate of drug-likeness (QED) is 0.926. The van der Waals surface area contributed by atoms with Crippen LogP contribution in [0.2, 0.25) is 0 Å². The van der Waals surface area contributed by atoms with E-state index in [2.05, 4.69) is 15.3 Å². The summed E-state index contributed by atoms with van der Waals surface area (Å²) in [4.78, 5) is 0.309. The highest BCUT2D eigenvalue weighted by Gasteiger charge is 2.37. The summed E-state index contributed by atoms with van der Waals surface area (Å²) in [5.41, 5.74) is 2.59. The van der Waals surface area contributed by atoms with E-state index in [1.807, 2.05) is 20.8 Å². The van der Waals surface area contributed by atoms with Crippen LogP contribution < -0.4 is 0 Å². The van der Waals surface area contributed by atoms with Crippen LogP contribution in [-0.4, -0.2) is 39.2 Å². The van der Waals surface area contributed by atoms with Crippen LogP contribution in [0.1, 0.15) is 49.2 Å². The van der Waals surface area contributed by atoms with Crippen LogP contribution in [-0.2, 0) is 16.6 Å². The molecule has 0 radical (unpaired) electrons. The van der Waals surface area contributed by atoms with Crippen molar-refractivity contribution in [3.8, 4) is 0 Å². The highest BCUT2D eigenvalue weighted by Crippen LogP contribution is 2.36. The molecular weight excluding hydrogens is 314 g/mol. The zero-order valence-corrected chi connectivity index (χ0v) is 14.6. The van der Waals surface area contributed by atoms with Crippen molar-refractivity contribution in [3.63, 3.8) is 0 Å². The Hall–Kier alpha value is -1.67. The van der Waals surface area contributed by atoms with Gasteiger partial charge in [0.05, 0.1) is 29.8 Å². The molecule has 3 rings (SSSR count). The van der Waals surface area contributed by atoms with Gasteiger partial charge in [-0.1, -0.05) is 6.42 Å². The number of nitrogens with zero attached hydrogens (tertiary/aromatic N) is 4.